The fraction of sp³-hybridized carbons (Fsp3) is 0.478. The highest BCUT2D eigenvalue weighted by Crippen LogP contribution is 2.38. The summed E-state index contributed by atoms with van der Waals surface area (Å²) in [7, 11) is -1.98. The SMILES string of the molecule is CCOC(=O)c1c(NC(=O)c2ccc(S(=O)(=O)N(C)C3CC3)cc2)sc2c1CCCCC2. The van der Waals surface area contributed by atoms with E-state index in [9.17, 15) is 18.0 Å². The highest BCUT2D eigenvalue weighted by molar-refractivity contribution is 7.89. The minimum Gasteiger partial charge on any atom is -0.462 e. The summed E-state index contributed by atoms with van der Waals surface area (Å²) < 4.78 is 32.0. The van der Waals surface area contributed by atoms with Crippen LogP contribution < -0.4 is 5.32 Å². The molecule has 1 fully saturated rings. The number of aryl methyl sites for hydroxylation is 1. The third-order valence-corrected chi connectivity index (χ3v) is 9.11. The van der Waals surface area contributed by atoms with Crippen LogP contribution in [0.2, 0.25) is 0 Å². The van der Waals surface area contributed by atoms with Gasteiger partial charge in [0.25, 0.3) is 5.91 Å². The predicted molar refractivity (Wildman–Crippen MR) is 124 cm³/mol. The summed E-state index contributed by atoms with van der Waals surface area (Å²) >= 11 is 1.44. The molecule has 1 aromatic carbocycles. The molecule has 0 atom stereocenters. The first-order valence-electron chi connectivity index (χ1n) is 11.0. The molecule has 32 heavy (non-hydrogen) atoms. The number of carbonyl (C=O) groups excluding carboxylic acids is 2. The number of ether oxygens (including phenoxy) is 1. The normalized spacial score (nSPS) is 16.3. The lowest BCUT2D eigenvalue weighted by atomic mass is 10.1. The molecule has 2 aliphatic rings. The molecule has 0 radical (unpaired) electrons. The molecular formula is C23H28N2O5S2. The highest BCUT2D eigenvalue weighted by atomic mass is 32.2. The lowest BCUT2D eigenvalue weighted by Crippen LogP contribution is -2.29. The second-order valence-electron chi connectivity index (χ2n) is 8.22. The molecule has 1 aromatic heterocycles. The fourth-order valence-electron chi connectivity index (χ4n) is 4.00. The summed E-state index contributed by atoms with van der Waals surface area (Å²) in [4.78, 5) is 26.9. The number of fused-ring (bicyclic) bond motifs is 1. The third kappa shape index (κ3) is 4.60. The summed E-state index contributed by atoms with van der Waals surface area (Å²) in [5, 5.41) is 3.38. The maximum atomic E-state index is 12.9. The van der Waals surface area contributed by atoms with Gasteiger partial charge in [0.1, 0.15) is 5.00 Å². The maximum absolute atomic E-state index is 12.9. The third-order valence-electron chi connectivity index (χ3n) is 5.98. The molecule has 2 aliphatic carbocycles. The van der Waals surface area contributed by atoms with Crippen molar-refractivity contribution in [1.82, 2.24) is 4.31 Å². The molecular weight excluding hydrogens is 448 g/mol. The average Bonchev–Trinajstić information content (AvgIpc) is 3.59. The molecule has 2 aromatic rings. The second kappa shape index (κ2) is 9.33. The van der Waals surface area contributed by atoms with Crippen LogP contribution >= 0.6 is 11.3 Å². The number of sulfonamides is 1. The maximum Gasteiger partial charge on any atom is 0.341 e. The number of thiophene rings is 1. The summed E-state index contributed by atoms with van der Waals surface area (Å²) in [5.74, 6) is -0.793. The van der Waals surface area contributed by atoms with E-state index in [1.165, 1.54) is 39.9 Å². The Morgan fingerprint density at radius 2 is 1.81 bits per heavy atom. The van der Waals surface area contributed by atoms with E-state index in [2.05, 4.69) is 5.32 Å². The van der Waals surface area contributed by atoms with Crippen molar-refractivity contribution in [2.75, 3.05) is 19.0 Å². The molecule has 1 heterocycles. The number of carbonyl (C=O) groups is 2. The van der Waals surface area contributed by atoms with Gasteiger partial charge in [0.15, 0.2) is 0 Å². The zero-order valence-electron chi connectivity index (χ0n) is 18.3. The van der Waals surface area contributed by atoms with Gasteiger partial charge in [-0.15, -0.1) is 11.3 Å². The van der Waals surface area contributed by atoms with Crippen LogP contribution in [0.5, 0.6) is 0 Å². The van der Waals surface area contributed by atoms with Gasteiger partial charge in [0.05, 0.1) is 17.1 Å². The Labute approximate surface area is 192 Å². The Morgan fingerprint density at radius 3 is 2.47 bits per heavy atom. The Morgan fingerprint density at radius 1 is 1.12 bits per heavy atom. The van der Waals surface area contributed by atoms with Crippen LogP contribution in [0.3, 0.4) is 0 Å². The van der Waals surface area contributed by atoms with E-state index >= 15 is 0 Å². The largest absolute Gasteiger partial charge is 0.462 e. The van der Waals surface area contributed by atoms with Crippen LogP contribution in [0.1, 0.15) is 70.2 Å². The number of esters is 1. The minimum atomic E-state index is -3.56. The minimum absolute atomic E-state index is 0.0679. The Hall–Kier alpha value is -2.23. The monoisotopic (exact) mass is 476 g/mol. The van der Waals surface area contributed by atoms with Crippen LogP contribution in [-0.2, 0) is 27.6 Å². The number of hydrogen-bond donors (Lipinski definition) is 1. The first kappa shape index (κ1) is 22.9. The van der Waals surface area contributed by atoms with Crippen molar-refractivity contribution in [2.24, 2.45) is 0 Å². The number of hydrogen-bond acceptors (Lipinski definition) is 6. The van der Waals surface area contributed by atoms with Crippen LogP contribution in [0.4, 0.5) is 5.00 Å². The zero-order chi connectivity index (χ0) is 22.9. The van der Waals surface area contributed by atoms with Gasteiger partial charge in [-0.1, -0.05) is 6.42 Å². The van der Waals surface area contributed by atoms with Crippen molar-refractivity contribution in [3.8, 4) is 0 Å². The Balaban J connectivity index is 1.57. The van der Waals surface area contributed by atoms with Gasteiger partial charge in [0, 0.05) is 23.5 Å². The van der Waals surface area contributed by atoms with E-state index in [0.717, 1.165) is 55.4 Å². The fourth-order valence-corrected chi connectivity index (χ4v) is 6.69. The molecule has 0 bridgehead atoms. The topological polar surface area (TPSA) is 92.8 Å². The molecule has 172 valence electrons. The quantitative estimate of drug-likeness (QED) is 0.477. The molecule has 1 saturated carbocycles. The molecule has 0 spiro atoms. The average molecular weight is 477 g/mol. The predicted octanol–water partition coefficient (Wildman–Crippen LogP) is 4.23. The summed E-state index contributed by atoms with van der Waals surface area (Å²) in [6.45, 7) is 2.03. The highest BCUT2D eigenvalue weighted by Gasteiger charge is 2.35. The Bertz CT molecular complexity index is 1120. The summed E-state index contributed by atoms with van der Waals surface area (Å²) in [6, 6.07) is 5.99. The van der Waals surface area contributed by atoms with E-state index in [1.807, 2.05) is 0 Å². The van der Waals surface area contributed by atoms with Crippen LogP contribution in [0, 0.1) is 0 Å². The standard InChI is InChI=1S/C23H28N2O5S2/c1-3-30-23(27)20-18-7-5-4-6-8-19(18)31-22(20)24-21(26)15-9-13-17(14-10-15)32(28,29)25(2)16-11-12-16/h9-10,13-14,16H,3-8,11-12H2,1-2H3,(H,24,26). The first-order chi connectivity index (χ1) is 15.3. The van der Waals surface area contributed by atoms with E-state index in [4.69, 9.17) is 4.74 Å². The summed E-state index contributed by atoms with van der Waals surface area (Å²) in [6.07, 6.45) is 6.65. The van der Waals surface area contributed by atoms with Crippen molar-refractivity contribution in [3.05, 3.63) is 45.8 Å². The van der Waals surface area contributed by atoms with E-state index in [0.29, 0.717) is 16.1 Å². The van der Waals surface area contributed by atoms with Crippen molar-refractivity contribution in [3.63, 3.8) is 0 Å². The lowest BCUT2D eigenvalue weighted by molar-refractivity contribution is 0.0527. The molecule has 1 N–H and O–H groups in total. The van der Waals surface area contributed by atoms with Gasteiger partial charge in [-0.05, 0) is 75.3 Å². The van der Waals surface area contributed by atoms with Crippen LogP contribution in [0.15, 0.2) is 29.2 Å². The van der Waals surface area contributed by atoms with Gasteiger partial charge in [0.2, 0.25) is 10.0 Å². The second-order valence-corrected chi connectivity index (χ2v) is 11.3. The molecule has 1 amide bonds. The van der Waals surface area contributed by atoms with E-state index < -0.39 is 16.0 Å². The molecule has 4 rings (SSSR count). The van der Waals surface area contributed by atoms with E-state index in [-0.39, 0.29) is 23.5 Å². The van der Waals surface area contributed by atoms with Gasteiger partial charge in [-0.3, -0.25) is 4.79 Å². The zero-order valence-corrected chi connectivity index (χ0v) is 20.0. The van der Waals surface area contributed by atoms with Crippen molar-refractivity contribution in [1.29, 1.82) is 0 Å². The Kier molecular flexibility index (Phi) is 6.69. The lowest BCUT2D eigenvalue weighted by Gasteiger charge is -2.16. The number of nitrogens with one attached hydrogen (secondary N) is 1. The smallest absolute Gasteiger partial charge is 0.341 e. The van der Waals surface area contributed by atoms with E-state index in [1.54, 1.807) is 14.0 Å². The summed E-state index contributed by atoms with van der Waals surface area (Å²) in [5.41, 5.74) is 1.79. The molecule has 0 saturated heterocycles. The van der Waals surface area contributed by atoms with Crippen molar-refractivity contribution >= 4 is 38.2 Å². The van der Waals surface area contributed by atoms with Gasteiger partial charge < -0.3 is 10.1 Å². The van der Waals surface area contributed by atoms with Gasteiger partial charge >= 0.3 is 5.97 Å². The molecule has 0 unspecified atom stereocenters. The van der Waals surface area contributed by atoms with Gasteiger partial charge in [-0.25, -0.2) is 13.2 Å². The molecule has 9 heteroatoms. The van der Waals surface area contributed by atoms with Crippen molar-refractivity contribution < 1.29 is 22.7 Å². The number of benzene rings is 1. The number of amides is 1. The van der Waals surface area contributed by atoms with Crippen LogP contribution in [0.25, 0.3) is 0 Å². The number of anilines is 1. The molecule has 7 nitrogen and oxygen atoms in total. The number of nitrogens with zero attached hydrogens (tertiary/aromatic N) is 1. The van der Waals surface area contributed by atoms with Crippen LogP contribution in [-0.4, -0.2) is 44.3 Å². The molecule has 0 aliphatic heterocycles. The van der Waals surface area contributed by atoms with Crippen molar-refractivity contribution in [2.45, 2.75) is 62.8 Å². The number of rotatable bonds is 7. The van der Waals surface area contributed by atoms with Gasteiger partial charge in [-0.2, -0.15) is 4.31 Å². The first-order valence-corrected chi connectivity index (χ1v) is 13.3.